The van der Waals surface area contributed by atoms with E-state index in [2.05, 4.69) is 25.6 Å². The zero-order valence-electron chi connectivity index (χ0n) is 9.43. The average molecular weight is 323 g/mol. The molecule has 1 aromatic heterocycles. The van der Waals surface area contributed by atoms with Crippen LogP contribution in [0.3, 0.4) is 0 Å². The molecule has 0 aliphatic carbocycles. The van der Waals surface area contributed by atoms with E-state index in [1.807, 2.05) is 6.92 Å². The van der Waals surface area contributed by atoms with Crippen LogP contribution in [0.4, 0.5) is 0 Å². The summed E-state index contributed by atoms with van der Waals surface area (Å²) < 4.78 is 26.6. The number of sulfonamides is 1. The van der Waals surface area contributed by atoms with E-state index in [0.29, 0.717) is 10.9 Å². The van der Waals surface area contributed by atoms with Gasteiger partial charge in [-0.1, -0.05) is 13.3 Å². The molecule has 0 bridgehead atoms. The van der Waals surface area contributed by atoms with Gasteiger partial charge >= 0.3 is 0 Å². The van der Waals surface area contributed by atoms with Gasteiger partial charge in [0.25, 0.3) is 0 Å². The van der Waals surface area contributed by atoms with Crippen LogP contribution >= 0.6 is 15.9 Å². The first-order valence-electron chi connectivity index (χ1n) is 5.24. The number of hydrogen-bond donors (Lipinski definition) is 2. The highest BCUT2D eigenvalue weighted by molar-refractivity contribution is 9.10. The molecule has 0 spiro atoms. The van der Waals surface area contributed by atoms with Crippen molar-refractivity contribution in [3.05, 3.63) is 22.9 Å². The quantitative estimate of drug-likeness (QED) is 0.827. The van der Waals surface area contributed by atoms with Crippen molar-refractivity contribution in [2.24, 2.45) is 0 Å². The summed E-state index contributed by atoms with van der Waals surface area (Å²) in [4.78, 5) is 3.86. The number of hydrogen-bond acceptors (Lipinski definition) is 4. The van der Waals surface area contributed by atoms with Gasteiger partial charge in [-0.05, 0) is 28.4 Å². The van der Waals surface area contributed by atoms with E-state index in [9.17, 15) is 13.5 Å². The van der Waals surface area contributed by atoms with Gasteiger partial charge in [-0.3, -0.25) is 4.98 Å². The maximum Gasteiger partial charge on any atom is 0.242 e. The number of aliphatic hydroxyl groups excluding tert-OH is 1. The van der Waals surface area contributed by atoms with E-state index < -0.39 is 16.1 Å². The standard InChI is InChI=1S/C10H15BrN2O3S/c1-2-3-9(14)6-13-17(15,16)10-4-8(11)5-12-7-10/h4-5,7,9,13-14H,2-3,6H2,1H3. The lowest BCUT2D eigenvalue weighted by molar-refractivity contribution is 0.167. The van der Waals surface area contributed by atoms with E-state index in [-0.39, 0.29) is 11.4 Å². The first-order valence-corrected chi connectivity index (χ1v) is 7.51. The van der Waals surface area contributed by atoms with Crippen LogP contribution < -0.4 is 4.72 Å². The Bertz CT molecular complexity index is 464. The van der Waals surface area contributed by atoms with E-state index in [4.69, 9.17) is 0 Å². The molecule has 1 unspecified atom stereocenters. The monoisotopic (exact) mass is 322 g/mol. The molecule has 1 atom stereocenters. The Balaban J connectivity index is 2.69. The van der Waals surface area contributed by atoms with Crippen LogP contribution in [-0.4, -0.2) is 31.2 Å². The summed E-state index contributed by atoms with van der Waals surface area (Å²) in [6.07, 6.45) is 3.49. The second-order valence-electron chi connectivity index (χ2n) is 3.63. The van der Waals surface area contributed by atoms with Gasteiger partial charge < -0.3 is 5.11 Å². The summed E-state index contributed by atoms with van der Waals surface area (Å²) >= 11 is 3.16. The molecule has 0 radical (unpaired) electrons. The Kier molecular flexibility index (Phi) is 5.51. The number of aromatic nitrogens is 1. The lowest BCUT2D eigenvalue weighted by atomic mass is 10.2. The summed E-state index contributed by atoms with van der Waals surface area (Å²) in [5, 5.41) is 9.46. The minimum atomic E-state index is -3.60. The molecule has 0 aliphatic rings. The van der Waals surface area contributed by atoms with Crippen molar-refractivity contribution in [3.8, 4) is 0 Å². The van der Waals surface area contributed by atoms with Gasteiger partial charge in [-0.15, -0.1) is 0 Å². The molecule has 2 N–H and O–H groups in total. The highest BCUT2D eigenvalue weighted by atomic mass is 79.9. The first kappa shape index (κ1) is 14.6. The minimum absolute atomic E-state index is 0.0166. The number of halogens is 1. The Labute approximate surface area is 109 Å². The number of nitrogens with one attached hydrogen (secondary N) is 1. The van der Waals surface area contributed by atoms with Crippen LogP contribution in [0, 0.1) is 0 Å². The fourth-order valence-corrected chi connectivity index (χ4v) is 2.84. The number of nitrogens with zero attached hydrogens (tertiary/aromatic N) is 1. The summed E-state index contributed by atoms with van der Waals surface area (Å²) in [5.41, 5.74) is 0. The van der Waals surface area contributed by atoms with Crippen molar-refractivity contribution in [2.45, 2.75) is 30.8 Å². The Hall–Kier alpha value is -0.500. The fourth-order valence-electron chi connectivity index (χ4n) is 1.26. The van der Waals surface area contributed by atoms with Crippen molar-refractivity contribution in [3.63, 3.8) is 0 Å². The molecular weight excluding hydrogens is 308 g/mol. The van der Waals surface area contributed by atoms with Gasteiger partial charge in [0.1, 0.15) is 4.90 Å². The second kappa shape index (κ2) is 6.44. The van der Waals surface area contributed by atoms with Gasteiger partial charge in [0.05, 0.1) is 6.10 Å². The number of aliphatic hydroxyl groups is 1. The maximum atomic E-state index is 11.8. The SMILES string of the molecule is CCCC(O)CNS(=O)(=O)c1cncc(Br)c1. The van der Waals surface area contributed by atoms with E-state index >= 15 is 0 Å². The minimum Gasteiger partial charge on any atom is -0.392 e. The van der Waals surface area contributed by atoms with Crippen molar-refractivity contribution >= 4 is 26.0 Å². The van der Waals surface area contributed by atoms with Crippen molar-refractivity contribution < 1.29 is 13.5 Å². The van der Waals surface area contributed by atoms with Crippen molar-refractivity contribution in [2.75, 3.05) is 6.54 Å². The normalized spacial score (nSPS) is 13.6. The molecule has 0 amide bonds. The van der Waals surface area contributed by atoms with E-state index in [1.54, 1.807) is 0 Å². The third kappa shape index (κ3) is 4.71. The predicted molar refractivity (Wildman–Crippen MR) is 68.0 cm³/mol. The van der Waals surface area contributed by atoms with Crippen LogP contribution in [0.15, 0.2) is 27.8 Å². The number of rotatable bonds is 6. The Morgan fingerprint density at radius 3 is 2.82 bits per heavy atom. The lowest BCUT2D eigenvalue weighted by Gasteiger charge is -2.11. The molecule has 0 fully saturated rings. The van der Waals surface area contributed by atoms with Crippen LogP contribution in [0.1, 0.15) is 19.8 Å². The molecule has 7 heteroatoms. The number of pyridine rings is 1. The molecule has 5 nitrogen and oxygen atoms in total. The smallest absolute Gasteiger partial charge is 0.242 e. The highest BCUT2D eigenvalue weighted by Gasteiger charge is 2.16. The molecular formula is C10H15BrN2O3S. The Morgan fingerprint density at radius 2 is 2.24 bits per heavy atom. The predicted octanol–water partition coefficient (Wildman–Crippen LogP) is 1.28. The van der Waals surface area contributed by atoms with E-state index in [1.165, 1.54) is 18.5 Å². The summed E-state index contributed by atoms with van der Waals surface area (Å²) in [5.74, 6) is 0. The fraction of sp³-hybridized carbons (Fsp3) is 0.500. The van der Waals surface area contributed by atoms with Gasteiger partial charge in [-0.25, -0.2) is 13.1 Å². The molecule has 1 heterocycles. The van der Waals surface area contributed by atoms with Crippen molar-refractivity contribution in [1.82, 2.24) is 9.71 Å². The molecule has 0 aromatic carbocycles. The van der Waals surface area contributed by atoms with Gasteiger partial charge in [0.15, 0.2) is 0 Å². The molecule has 1 aromatic rings. The van der Waals surface area contributed by atoms with Crippen LogP contribution in [-0.2, 0) is 10.0 Å². The van der Waals surface area contributed by atoms with Crippen molar-refractivity contribution in [1.29, 1.82) is 0 Å². The second-order valence-corrected chi connectivity index (χ2v) is 6.32. The molecule has 17 heavy (non-hydrogen) atoms. The van der Waals surface area contributed by atoms with Gasteiger partial charge in [0.2, 0.25) is 10.0 Å². The molecule has 0 saturated heterocycles. The zero-order valence-corrected chi connectivity index (χ0v) is 11.8. The molecule has 1 rings (SSSR count). The first-order chi connectivity index (χ1) is 7.95. The highest BCUT2D eigenvalue weighted by Crippen LogP contribution is 2.14. The molecule has 0 aliphatic heterocycles. The maximum absolute atomic E-state index is 11.8. The average Bonchev–Trinajstić information content (AvgIpc) is 2.27. The summed E-state index contributed by atoms with van der Waals surface area (Å²) in [6.45, 7) is 1.94. The summed E-state index contributed by atoms with van der Waals surface area (Å²) in [6, 6.07) is 1.46. The summed E-state index contributed by atoms with van der Waals surface area (Å²) in [7, 11) is -3.60. The van der Waals surface area contributed by atoms with Gasteiger partial charge in [-0.2, -0.15) is 0 Å². The largest absolute Gasteiger partial charge is 0.392 e. The topological polar surface area (TPSA) is 79.3 Å². The lowest BCUT2D eigenvalue weighted by Crippen LogP contribution is -2.32. The molecule has 96 valence electrons. The van der Waals surface area contributed by atoms with E-state index in [0.717, 1.165) is 6.42 Å². The van der Waals surface area contributed by atoms with Crippen LogP contribution in [0.2, 0.25) is 0 Å². The van der Waals surface area contributed by atoms with Gasteiger partial charge in [0, 0.05) is 23.4 Å². The third-order valence-corrected chi connectivity index (χ3v) is 3.95. The third-order valence-electron chi connectivity index (χ3n) is 2.12. The Morgan fingerprint density at radius 1 is 1.53 bits per heavy atom. The zero-order chi connectivity index (χ0) is 12.9. The van der Waals surface area contributed by atoms with Crippen LogP contribution in [0.25, 0.3) is 0 Å². The molecule has 0 saturated carbocycles. The van der Waals surface area contributed by atoms with Crippen LogP contribution in [0.5, 0.6) is 0 Å².